The molecule has 0 bridgehead atoms. The molecule has 1 aromatic rings. The molecule has 0 aliphatic heterocycles. The molecule has 0 saturated heterocycles. The van der Waals surface area contributed by atoms with Crippen molar-refractivity contribution in [2.24, 2.45) is 0 Å². The molecule has 0 aliphatic carbocycles. The highest BCUT2D eigenvalue weighted by molar-refractivity contribution is 5.47. The Morgan fingerprint density at radius 3 is 2.61 bits per heavy atom. The van der Waals surface area contributed by atoms with Crippen LogP contribution in [0.1, 0.15) is 19.4 Å². The fourth-order valence-corrected chi connectivity index (χ4v) is 1.73. The summed E-state index contributed by atoms with van der Waals surface area (Å²) in [7, 11) is 3.72. The normalized spacial score (nSPS) is 11.2. The molecule has 4 nitrogen and oxygen atoms in total. The Bertz CT molecular complexity index is 367. The van der Waals surface area contributed by atoms with Gasteiger partial charge in [0.2, 0.25) is 0 Å². The van der Waals surface area contributed by atoms with Crippen molar-refractivity contribution in [1.29, 1.82) is 0 Å². The van der Waals surface area contributed by atoms with E-state index in [0.717, 1.165) is 36.7 Å². The van der Waals surface area contributed by atoms with E-state index in [2.05, 4.69) is 11.9 Å². The van der Waals surface area contributed by atoms with Crippen molar-refractivity contribution >= 4 is 5.69 Å². The Hall–Kier alpha value is -1.26. The third-order valence-electron chi connectivity index (χ3n) is 2.60. The lowest BCUT2D eigenvalue weighted by Gasteiger charge is -2.18. The third-order valence-corrected chi connectivity index (χ3v) is 2.60. The molecule has 0 amide bonds. The van der Waals surface area contributed by atoms with E-state index in [-0.39, 0.29) is 6.10 Å². The van der Waals surface area contributed by atoms with Gasteiger partial charge in [0, 0.05) is 24.8 Å². The van der Waals surface area contributed by atoms with Crippen LogP contribution in [0.2, 0.25) is 0 Å². The lowest BCUT2D eigenvalue weighted by atomic mass is 10.2. The highest BCUT2D eigenvalue weighted by Gasteiger charge is 2.04. The largest absolute Gasteiger partial charge is 0.497 e. The van der Waals surface area contributed by atoms with Gasteiger partial charge in [-0.1, -0.05) is 0 Å². The zero-order valence-electron chi connectivity index (χ0n) is 11.8. The first-order valence-corrected chi connectivity index (χ1v) is 6.25. The third kappa shape index (κ3) is 5.38. The van der Waals surface area contributed by atoms with Gasteiger partial charge in [-0.05, 0) is 38.6 Å². The summed E-state index contributed by atoms with van der Waals surface area (Å²) in [6, 6.07) is 5.81. The van der Waals surface area contributed by atoms with E-state index >= 15 is 0 Å². The van der Waals surface area contributed by atoms with Crippen LogP contribution in [-0.4, -0.2) is 38.3 Å². The summed E-state index contributed by atoms with van der Waals surface area (Å²) in [4.78, 5) is 2.20. The van der Waals surface area contributed by atoms with Gasteiger partial charge in [0.25, 0.3) is 0 Å². The van der Waals surface area contributed by atoms with E-state index in [1.165, 1.54) is 0 Å². The van der Waals surface area contributed by atoms with Crippen LogP contribution in [0.3, 0.4) is 0 Å². The first-order chi connectivity index (χ1) is 8.51. The number of anilines is 1. The Balaban J connectivity index is 2.48. The maximum absolute atomic E-state index is 5.83. The SMILES string of the molecule is COc1cc(N)cc(CN(C)CCOC(C)C)c1. The number of nitrogens with two attached hydrogens (primary N) is 1. The van der Waals surface area contributed by atoms with Crippen molar-refractivity contribution in [3.63, 3.8) is 0 Å². The molecule has 0 aromatic heterocycles. The second-order valence-electron chi connectivity index (χ2n) is 4.77. The number of rotatable bonds is 7. The van der Waals surface area contributed by atoms with Crippen LogP contribution in [0, 0.1) is 0 Å². The molecule has 1 rings (SSSR count). The van der Waals surface area contributed by atoms with Crippen molar-refractivity contribution in [3.8, 4) is 5.75 Å². The molecule has 2 N–H and O–H groups in total. The van der Waals surface area contributed by atoms with Gasteiger partial charge < -0.3 is 15.2 Å². The molecular formula is C14H24N2O2. The molecule has 18 heavy (non-hydrogen) atoms. The molecular weight excluding hydrogens is 228 g/mol. The van der Waals surface area contributed by atoms with Crippen molar-refractivity contribution in [2.45, 2.75) is 26.5 Å². The number of nitrogens with zero attached hydrogens (tertiary/aromatic N) is 1. The fraction of sp³-hybridized carbons (Fsp3) is 0.571. The minimum Gasteiger partial charge on any atom is -0.497 e. The van der Waals surface area contributed by atoms with Crippen LogP contribution >= 0.6 is 0 Å². The summed E-state index contributed by atoms with van der Waals surface area (Å²) in [5.74, 6) is 0.803. The van der Waals surface area contributed by atoms with Gasteiger partial charge >= 0.3 is 0 Å². The molecule has 1 aromatic carbocycles. The number of hydrogen-bond acceptors (Lipinski definition) is 4. The van der Waals surface area contributed by atoms with Gasteiger partial charge in [-0.15, -0.1) is 0 Å². The lowest BCUT2D eigenvalue weighted by molar-refractivity contribution is 0.0627. The summed E-state index contributed by atoms with van der Waals surface area (Å²) >= 11 is 0. The van der Waals surface area contributed by atoms with Crippen molar-refractivity contribution in [2.75, 3.05) is 33.0 Å². The summed E-state index contributed by atoms with van der Waals surface area (Å²) in [5.41, 5.74) is 7.71. The maximum Gasteiger partial charge on any atom is 0.121 e. The number of hydrogen-bond donors (Lipinski definition) is 1. The number of likely N-dealkylation sites (N-methyl/N-ethyl adjacent to an activating group) is 1. The Labute approximate surface area is 110 Å². The molecule has 0 saturated carbocycles. The monoisotopic (exact) mass is 252 g/mol. The minimum atomic E-state index is 0.283. The van der Waals surface area contributed by atoms with Gasteiger partial charge in [-0.25, -0.2) is 0 Å². The molecule has 4 heteroatoms. The Morgan fingerprint density at radius 2 is 2.00 bits per heavy atom. The average molecular weight is 252 g/mol. The Kier molecular flexibility index (Phi) is 5.95. The highest BCUT2D eigenvalue weighted by atomic mass is 16.5. The summed E-state index contributed by atoms with van der Waals surface area (Å²) < 4.78 is 10.7. The molecule has 0 fully saturated rings. The lowest BCUT2D eigenvalue weighted by Crippen LogP contribution is -2.24. The van der Waals surface area contributed by atoms with E-state index in [9.17, 15) is 0 Å². The van der Waals surface area contributed by atoms with Crippen molar-refractivity contribution in [1.82, 2.24) is 4.90 Å². The van der Waals surface area contributed by atoms with Gasteiger partial charge in [0.05, 0.1) is 19.8 Å². The van der Waals surface area contributed by atoms with Gasteiger partial charge in [-0.3, -0.25) is 4.90 Å². The van der Waals surface area contributed by atoms with Crippen molar-refractivity contribution in [3.05, 3.63) is 23.8 Å². The number of methoxy groups -OCH3 is 1. The topological polar surface area (TPSA) is 47.7 Å². The van der Waals surface area contributed by atoms with Crippen LogP contribution < -0.4 is 10.5 Å². The van der Waals surface area contributed by atoms with Gasteiger partial charge in [-0.2, -0.15) is 0 Å². The van der Waals surface area contributed by atoms with E-state index in [1.807, 2.05) is 32.0 Å². The van der Waals surface area contributed by atoms with Gasteiger partial charge in [0.15, 0.2) is 0 Å². The number of ether oxygens (including phenoxy) is 2. The summed E-state index contributed by atoms with van der Waals surface area (Å²) in [6.45, 7) is 6.57. The van der Waals surface area contributed by atoms with E-state index in [1.54, 1.807) is 7.11 Å². The first kappa shape index (κ1) is 14.8. The minimum absolute atomic E-state index is 0.283. The fourth-order valence-electron chi connectivity index (χ4n) is 1.73. The molecule has 0 radical (unpaired) electrons. The maximum atomic E-state index is 5.83. The molecule has 0 heterocycles. The predicted molar refractivity (Wildman–Crippen MR) is 74.8 cm³/mol. The predicted octanol–water partition coefficient (Wildman–Crippen LogP) is 2.13. The molecule has 102 valence electrons. The summed E-state index contributed by atoms with van der Waals surface area (Å²) in [6.07, 6.45) is 0.283. The zero-order valence-corrected chi connectivity index (χ0v) is 11.8. The highest BCUT2D eigenvalue weighted by Crippen LogP contribution is 2.19. The average Bonchev–Trinajstić information content (AvgIpc) is 2.27. The quantitative estimate of drug-likeness (QED) is 0.755. The van der Waals surface area contributed by atoms with E-state index in [4.69, 9.17) is 15.2 Å². The molecule has 0 unspecified atom stereocenters. The first-order valence-electron chi connectivity index (χ1n) is 6.25. The van der Waals surface area contributed by atoms with Crippen LogP contribution in [-0.2, 0) is 11.3 Å². The standard InChI is InChI=1S/C14H24N2O2/c1-11(2)18-6-5-16(3)10-12-7-13(15)9-14(8-12)17-4/h7-9,11H,5-6,10,15H2,1-4H3. The van der Waals surface area contributed by atoms with Crippen LogP contribution in [0.5, 0.6) is 5.75 Å². The number of benzene rings is 1. The van der Waals surface area contributed by atoms with E-state index < -0.39 is 0 Å². The molecule has 0 aliphatic rings. The van der Waals surface area contributed by atoms with Crippen molar-refractivity contribution < 1.29 is 9.47 Å². The second-order valence-corrected chi connectivity index (χ2v) is 4.77. The molecule has 0 atom stereocenters. The van der Waals surface area contributed by atoms with Crippen LogP contribution in [0.15, 0.2) is 18.2 Å². The van der Waals surface area contributed by atoms with Crippen LogP contribution in [0.25, 0.3) is 0 Å². The number of nitrogen functional groups attached to an aromatic ring is 1. The zero-order chi connectivity index (χ0) is 13.5. The van der Waals surface area contributed by atoms with Crippen LogP contribution in [0.4, 0.5) is 5.69 Å². The molecule has 0 spiro atoms. The Morgan fingerprint density at radius 1 is 1.28 bits per heavy atom. The second kappa shape index (κ2) is 7.24. The summed E-state index contributed by atoms with van der Waals surface area (Å²) in [5, 5.41) is 0. The van der Waals surface area contributed by atoms with Gasteiger partial charge in [0.1, 0.15) is 5.75 Å². The van der Waals surface area contributed by atoms with E-state index in [0.29, 0.717) is 0 Å². The smallest absolute Gasteiger partial charge is 0.121 e.